The van der Waals surface area contributed by atoms with Gasteiger partial charge in [0.25, 0.3) is 5.91 Å². The Bertz CT molecular complexity index is 921. The molecule has 28 heavy (non-hydrogen) atoms. The highest BCUT2D eigenvalue weighted by molar-refractivity contribution is 6.02. The number of nitrogens with one attached hydrogen (secondary N) is 1. The van der Waals surface area contributed by atoms with Gasteiger partial charge in [0.1, 0.15) is 5.82 Å². The van der Waals surface area contributed by atoms with E-state index < -0.39 is 17.4 Å². The van der Waals surface area contributed by atoms with Gasteiger partial charge in [-0.25, -0.2) is 9.40 Å². The maximum atomic E-state index is 14.4. The van der Waals surface area contributed by atoms with Crippen LogP contribution in [0.15, 0.2) is 41.6 Å². The number of nitrogens with zero attached hydrogens (tertiary/aromatic N) is 2. The van der Waals surface area contributed by atoms with Crippen LogP contribution >= 0.6 is 0 Å². The molecule has 1 atom stereocenters. The zero-order valence-electron chi connectivity index (χ0n) is 17.0. The van der Waals surface area contributed by atoms with Gasteiger partial charge in [-0.05, 0) is 57.0 Å². The maximum Gasteiger partial charge on any atom is 0.272 e. The Morgan fingerprint density at radius 3 is 2.43 bits per heavy atom. The van der Waals surface area contributed by atoms with E-state index in [1.807, 2.05) is 46.8 Å². The average Bonchev–Trinajstić information content (AvgIpc) is 2.98. The maximum absolute atomic E-state index is 14.4. The Morgan fingerprint density at radius 1 is 1.18 bits per heavy atom. The van der Waals surface area contributed by atoms with E-state index in [-0.39, 0.29) is 5.56 Å². The molecule has 0 radical (unpaired) electrons. The van der Waals surface area contributed by atoms with E-state index >= 15 is 0 Å². The van der Waals surface area contributed by atoms with Gasteiger partial charge in [0.15, 0.2) is 5.84 Å². The summed E-state index contributed by atoms with van der Waals surface area (Å²) in [6.45, 7) is 9.72. The van der Waals surface area contributed by atoms with E-state index in [1.54, 1.807) is 11.1 Å². The molecule has 0 bridgehead atoms. The fourth-order valence-electron chi connectivity index (χ4n) is 3.25. The third-order valence-corrected chi connectivity index (χ3v) is 5.05. The highest BCUT2D eigenvalue weighted by Gasteiger charge is 2.42. The molecule has 0 spiro atoms. The second kappa shape index (κ2) is 7.62. The molecular formula is C22H26FN3O2. The molecule has 148 valence electrons. The molecule has 6 heteroatoms. The lowest BCUT2D eigenvalue weighted by molar-refractivity contribution is -0.0993. The Kier molecular flexibility index (Phi) is 5.40. The first-order valence-corrected chi connectivity index (χ1v) is 9.52. The fourth-order valence-corrected chi connectivity index (χ4v) is 3.25. The number of aryl methyl sites for hydroxylation is 3. The van der Waals surface area contributed by atoms with Gasteiger partial charge in [0.2, 0.25) is 5.72 Å². The zero-order valence-corrected chi connectivity index (χ0v) is 17.0. The number of halogens is 1. The molecule has 0 saturated heterocycles. The molecule has 2 aromatic carbocycles. The highest BCUT2D eigenvalue weighted by atomic mass is 19.1. The minimum Gasteiger partial charge on any atom is -0.364 e. The van der Waals surface area contributed by atoms with E-state index in [2.05, 4.69) is 16.6 Å². The van der Waals surface area contributed by atoms with Gasteiger partial charge in [-0.1, -0.05) is 42.3 Å². The molecule has 1 N–H and O–H groups in total. The number of amidine groups is 1. The van der Waals surface area contributed by atoms with Crippen molar-refractivity contribution in [1.82, 2.24) is 10.4 Å². The van der Waals surface area contributed by atoms with Gasteiger partial charge in [0, 0.05) is 12.0 Å². The van der Waals surface area contributed by atoms with Crippen molar-refractivity contribution in [3.63, 3.8) is 0 Å². The van der Waals surface area contributed by atoms with Crippen molar-refractivity contribution in [3.8, 4) is 0 Å². The Labute approximate surface area is 165 Å². The number of oxime groups is 1. The molecule has 1 aliphatic rings. The number of hydrogen-bond donors (Lipinski definition) is 1. The van der Waals surface area contributed by atoms with Crippen LogP contribution < -0.4 is 5.43 Å². The Balaban J connectivity index is 1.94. The first-order chi connectivity index (χ1) is 13.3. The molecular weight excluding hydrogens is 357 g/mol. The minimum absolute atomic E-state index is 0.0117. The normalized spacial score (nSPS) is 18.6. The Hall–Kier alpha value is -2.89. The van der Waals surface area contributed by atoms with Crippen LogP contribution in [0.1, 0.15) is 59.8 Å². The molecule has 1 aliphatic heterocycles. The molecule has 0 aromatic heterocycles. The van der Waals surface area contributed by atoms with Gasteiger partial charge in [0.05, 0.1) is 5.56 Å². The SMILES string of the molecule is CCc1ccc(C(=O)NN2C(c3cc(C)cc(C)c3)=NOC2(C)CC)c(F)c1. The second-order valence-corrected chi connectivity index (χ2v) is 7.36. The van der Waals surface area contributed by atoms with Crippen LogP contribution in [-0.2, 0) is 11.3 Å². The van der Waals surface area contributed by atoms with Gasteiger partial charge < -0.3 is 4.84 Å². The van der Waals surface area contributed by atoms with Crippen molar-refractivity contribution in [2.24, 2.45) is 5.16 Å². The summed E-state index contributed by atoms with van der Waals surface area (Å²) in [5, 5.41) is 5.82. The summed E-state index contributed by atoms with van der Waals surface area (Å²) >= 11 is 0. The summed E-state index contributed by atoms with van der Waals surface area (Å²) < 4.78 is 14.4. The molecule has 1 amide bonds. The fraction of sp³-hybridized carbons (Fsp3) is 0.364. The molecule has 0 fully saturated rings. The number of benzene rings is 2. The molecule has 1 heterocycles. The van der Waals surface area contributed by atoms with Crippen molar-refractivity contribution in [2.75, 3.05) is 0 Å². The van der Waals surface area contributed by atoms with Crippen molar-refractivity contribution in [1.29, 1.82) is 0 Å². The van der Waals surface area contributed by atoms with Crippen molar-refractivity contribution in [2.45, 2.75) is 53.2 Å². The highest BCUT2D eigenvalue weighted by Crippen LogP contribution is 2.29. The predicted molar refractivity (Wildman–Crippen MR) is 107 cm³/mol. The number of rotatable bonds is 5. The van der Waals surface area contributed by atoms with E-state index in [1.165, 1.54) is 12.1 Å². The van der Waals surface area contributed by atoms with Crippen LogP contribution in [0.3, 0.4) is 0 Å². The van der Waals surface area contributed by atoms with Gasteiger partial charge >= 0.3 is 0 Å². The minimum atomic E-state index is -0.859. The third kappa shape index (κ3) is 3.72. The van der Waals surface area contributed by atoms with Crippen LogP contribution in [0.5, 0.6) is 0 Å². The van der Waals surface area contributed by atoms with Crippen molar-refractivity contribution < 1.29 is 14.0 Å². The smallest absolute Gasteiger partial charge is 0.272 e. The summed E-state index contributed by atoms with van der Waals surface area (Å²) in [6.07, 6.45) is 1.28. The molecule has 3 rings (SSSR count). The lowest BCUT2D eigenvalue weighted by Crippen LogP contribution is -2.56. The first-order valence-electron chi connectivity index (χ1n) is 9.52. The molecule has 5 nitrogen and oxygen atoms in total. The number of carbonyl (C=O) groups is 1. The number of amides is 1. The Morgan fingerprint density at radius 2 is 1.86 bits per heavy atom. The van der Waals surface area contributed by atoms with E-state index in [0.717, 1.165) is 22.3 Å². The molecule has 2 aromatic rings. The second-order valence-electron chi connectivity index (χ2n) is 7.36. The van der Waals surface area contributed by atoms with Crippen LogP contribution in [0, 0.1) is 19.7 Å². The first kappa shape index (κ1) is 19.9. The summed E-state index contributed by atoms with van der Waals surface area (Å²) in [5.41, 5.74) is 5.76. The monoisotopic (exact) mass is 383 g/mol. The van der Waals surface area contributed by atoms with E-state index in [4.69, 9.17) is 4.84 Å². The van der Waals surface area contributed by atoms with E-state index in [9.17, 15) is 9.18 Å². The van der Waals surface area contributed by atoms with E-state index in [0.29, 0.717) is 18.7 Å². The van der Waals surface area contributed by atoms with Gasteiger partial charge in [-0.15, -0.1) is 0 Å². The average molecular weight is 383 g/mol. The summed E-state index contributed by atoms with van der Waals surface area (Å²) in [4.78, 5) is 18.5. The topological polar surface area (TPSA) is 53.9 Å². The number of hydrazine groups is 1. The van der Waals surface area contributed by atoms with Gasteiger partial charge in [-0.3, -0.25) is 10.2 Å². The molecule has 0 saturated carbocycles. The van der Waals surface area contributed by atoms with Gasteiger partial charge in [-0.2, -0.15) is 0 Å². The lowest BCUT2D eigenvalue weighted by Gasteiger charge is -2.33. The lowest BCUT2D eigenvalue weighted by atomic mass is 10.1. The molecule has 0 aliphatic carbocycles. The largest absolute Gasteiger partial charge is 0.364 e. The van der Waals surface area contributed by atoms with Crippen LogP contribution in [-0.4, -0.2) is 22.5 Å². The quantitative estimate of drug-likeness (QED) is 0.829. The van der Waals surface area contributed by atoms with Crippen LogP contribution in [0.4, 0.5) is 4.39 Å². The van der Waals surface area contributed by atoms with Crippen molar-refractivity contribution >= 4 is 11.7 Å². The zero-order chi connectivity index (χ0) is 20.5. The number of hydrogen-bond acceptors (Lipinski definition) is 4. The van der Waals surface area contributed by atoms with Crippen LogP contribution in [0.2, 0.25) is 0 Å². The summed E-state index contributed by atoms with van der Waals surface area (Å²) in [7, 11) is 0. The summed E-state index contributed by atoms with van der Waals surface area (Å²) in [6, 6.07) is 10.7. The summed E-state index contributed by atoms with van der Waals surface area (Å²) in [5.74, 6) is -0.586. The predicted octanol–water partition coefficient (Wildman–Crippen LogP) is 4.47. The van der Waals surface area contributed by atoms with Crippen molar-refractivity contribution in [3.05, 3.63) is 70.0 Å². The standard InChI is InChI=1S/C22H26FN3O2/c1-6-16-8-9-18(19(23)13-16)21(27)24-26-20(25-28-22(26,5)7-2)17-11-14(3)10-15(4)12-17/h8-13H,6-7H2,1-5H3,(H,24,27). The third-order valence-electron chi connectivity index (χ3n) is 5.05. The molecule has 1 unspecified atom stereocenters. The number of carbonyl (C=O) groups excluding carboxylic acids is 1. The van der Waals surface area contributed by atoms with Crippen LogP contribution in [0.25, 0.3) is 0 Å².